The Kier molecular flexibility index (Phi) is 7.47. The molecule has 176 valence electrons. The molecule has 0 aliphatic carbocycles. The molecule has 0 saturated carbocycles. The van der Waals surface area contributed by atoms with Gasteiger partial charge in [0.1, 0.15) is 0 Å². The highest BCUT2D eigenvalue weighted by atomic mass is 16.5. The predicted molar refractivity (Wildman–Crippen MR) is 126 cm³/mol. The van der Waals surface area contributed by atoms with Gasteiger partial charge in [-0.1, -0.05) is 30.3 Å². The molecule has 34 heavy (non-hydrogen) atoms. The van der Waals surface area contributed by atoms with Gasteiger partial charge in [0, 0.05) is 29.6 Å². The summed E-state index contributed by atoms with van der Waals surface area (Å²) in [5.41, 5.74) is 5.11. The summed E-state index contributed by atoms with van der Waals surface area (Å²) in [6.07, 6.45) is -0.652. The average molecular weight is 463 g/mol. The Morgan fingerprint density at radius 1 is 0.941 bits per heavy atom. The standard InChI is InChI=1S/C25H25N3O6/c1-16-14-20(17(2)28(16)26-23(30)18-10-6-5-7-11-18)22(29)15-34-24(31)19-12-8-9-13-21(19)27(3)25(32)33-4/h5-14H,15H2,1-4H3,(H,26,30). The summed E-state index contributed by atoms with van der Waals surface area (Å²) >= 11 is 0. The molecular formula is C25H25N3O6. The lowest BCUT2D eigenvalue weighted by Crippen LogP contribution is -2.28. The molecule has 2 amide bonds. The van der Waals surface area contributed by atoms with E-state index in [1.165, 1.54) is 29.8 Å². The molecule has 0 radical (unpaired) electrons. The maximum Gasteiger partial charge on any atom is 0.413 e. The monoisotopic (exact) mass is 463 g/mol. The van der Waals surface area contributed by atoms with Crippen LogP contribution in [-0.2, 0) is 9.47 Å². The van der Waals surface area contributed by atoms with Crippen LogP contribution in [0.3, 0.4) is 0 Å². The minimum Gasteiger partial charge on any atom is -0.454 e. The van der Waals surface area contributed by atoms with Crippen LogP contribution < -0.4 is 10.3 Å². The second kappa shape index (κ2) is 10.5. The number of aromatic nitrogens is 1. The number of Topliss-reactive ketones (excluding diaryl/α,β-unsaturated/α-hetero) is 1. The summed E-state index contributed by atoms with van der Waals surface area (Å²) < 4.78 is 11.4. The Labute approximate surface area is 196 Å². The van der Waals surface area contributed by atoms with Gasteiger partial charge in [0.2, 0.25) is 5.78 Å². The van der Waals surface area contributed by atoms with Crippen LogP contribution in [0.4, 0.5) is 10.5 Å². The first-order chi connectivity index (χ1) is 16.2. The number of amides is 2. The average Bonchev–Trinajstić information content (AvgIpc) is 3.14. The van der Waals surface area contributed by atoms with E-state index in [0.717, 1.165) is 0 Å². The van der Waals surface area contributed by atoms with Gasteiger partial charge in [0.05, 0.1) is 18.4 Å². The first kappa shape index (κ1) is 24.2. The summed E-state index contributed by atoms with van der Waals surface area (Å²) in [6.45, 7) is 2.93. The zero-order valence-electron chi connectivity index (χ0n) is 19.3. The maximum atomic E-state index is 12.8. The van der Waals surface area contributed by atoms with Crippen molar-refractivity contribution in [2.24, 2.45) is 0 Å². The molecule has 0 unspecified atom stereocenters. The van der Waals surface area contributed by atoms with Crippen molar-refractivity contribution >= 4 is 29.4 Å². The number of para-hydroxylation sites is 1. The zero-order chi connectivity index (χ0) is 24.8. The van der Waals surface area contributed by atoms with E-state index >= 15 is 0 Å². The largest absolute Gasteiger partial charge is 0.454 e. The van der Waals surface area contributed by atoms with Gasteiger partial charge >= 0.3 is 12.1 Å². The van der Waals surface area contributed by atoms with Crippen LogP contribution in [0.15, 0.2) is 60.7 Å². The lowest BCUT2D eigenvalue weighted by molar-refractivity contribution is 0.0475. The number of aryl methyl sites for hydroxylation is 1. The molecule has 3 rings (SSSR count). The van der Waals surface area contributed by atoms with Crippen LogP contribution in [0.2, 0.25) is 0 Å². The quantitative estimate of drug-likeness (QED) is 0.423. The van der Waals surface area contributed by atoms with Crippen molar-refractivity contribution in [3.63, 3.8) is 0 Å². The van der Waals surface area contributed by atoms with Gasteiger partial charge in [0.25, 0.3) is 5.91 Å². The van der Waals surface area contributed by atoms with E-state index in [9.17, 15) is 19.2 Å². The Bertz CT molecular complexity index is 1230. The van der Waals surface area contributed by atoms with Crippen molar-refractivity contribution in [2.75, 3.05) is 31.1 Å². The van der Waals surface area contributed by atoms with E-state index in [4.69, 9.17) is 4.74 Å². The minimum absolute atomic E-state index is 0.115. The van der Waals surface area contributed by atoms with Gasteiger partial charge in [-0.3, -0.25) is 24.6 Å². The van der Waals surface area contributed by atoms with E-state index in [2.05, 4.69) is 10.2 Å². The number of benzene rings is 2. The molecule has 1 N–H and O–H groups in total. The molecule has 0 aliphatic rings. The number of methoxy groups -OCH3 is 1. The number of hydrogen-bond acceptors (Lipinski definition) is 6. The molecule has 0 fully saturated rings. The molecule has 1 aromatic heterocycles. The number of nitrogens with one attached hydrogen (secondary N) is 1. The highest BCUT2D eigenvalue weighted by molar-refractivity contribution is 6.04. The van der Waals surface area contributed by atoms with Gasteiger partial charge in [0.15, 0.2) is 6.61 Å². The van der Waals surface area contributed by atoms with Crippen molar-refractivity contribution in [1.82, 2.24) is 4.68 Å². The van der Waals surface area contributed by atoms with E-state index in [-0.39, 0.29) is 17.2 Å². The molecule has 9 nitrogen and oxygen atoms in total. The molecule has 1 heterocycles. The summed E-state index contributed by atoms with van der Waals surface area (Å²) in [7, 11) is 2.69. The minimum atomic E-state index is -0.758. The number of anilines is 1. The van der Waals surface area contributed by atoms with Crippen LogP contribution >= 0.6 is 0 Å². The Hall–Kier alpha value is -4.40. The predicted octanol–water partition coefficient (Wildman–Crippen LogP) is 3.73. The third-order valence-electron chi connectivity index (χ3n) is 5.25. The molecular weight excluding hydrogens is 438 g/mol. The number of carbonyl (C=O) groups is 4. The molecule has 0 spiro atoms. The normalized spacial score (nSPS) is 10.4. The van der Waals surface area contributed by atoms with Crippen LogP contribution in [0, 0.1) is 13.8 Å². The Morgan fingerprint density at radius 3 is 2.26 bits per heavy atom. The van der Waals surface area contributed by atoms with Crippen molar-refractivity contribution in [3.8, 4) is 0 Å². The van der Waals surface area contributed by atoms with Crippen LogP contribution in [0.1, 0.15) is 42.5 Å². The Balaban J connectivity index is 1.72. The fourth-order valence-corrected chi connectivity index (χ4v) is 3.43. The number of esters is 1. The molecule has 3 aromatic rings. The van der Waals surface area contributed by atoms with Crippen molar-refractivity contribution < 1.29 is 28.7 Å². The van der Waals surface area contributed by atoms with E-state index in [1.54, 1.807) is 62.4 Å². The third kappa shape index (κ3) is 5.15. The first-order valence-electron chi connectivity index (χ1n) is 10.4. The molecule has 0 bridgehead atoms. The van der Waals surface area contributed by atoms with Gasteiger partial charge < -0.3 is 9.47 Å². The zero-order valence-corrected chi connectivity index (χ0v) is 19.3. The molecule has 9 heteroatoms. The fourth-order valence-electron chi connectivity index (χ4n) is 3.43. The van der Waals surface area contributed by atoms with Gasteiger partial charge in [-0.2, -0.15) is 0 Å². The number of nitrogens with zero attached hydrogens (tertiary/aromatic N) is 2. The van der Waals surface area contributed by atoms with E-state index < -0.39 is 24.5 Å². The van der Waals surface area contributed by atoms with Crippen LogP contribution in [-0.4, -0.2) is 49.2 Å². The third-order valence-corrected chi connectivity index (χ3v) is 5.25. The molecule has 0 saturated heterocycles. The molecule has 0 atom stereocenters. The van der Waals surface area contributed by atoms with Gasteiger partial charge in [-0.05, 0) is 44.2 Å². The van der Waals surface area contributed by atoms with Crippen LogP contribution in [0.25, 0.3) is 0 Å². The molecule has 2 aromatic carbocycles. The van der Waals surface area contributed by atoms with E-state index in [1.807, 2.05) is 6.07 Å². The highest BCUT2D eigenvalue weighted by Gasteiger charge is 2.22. The number of ketones is 1. The fraction of sp³-hybridized carbons (Fsp3) is 0.200. The van der Waals surface area contributed by atoms with Crippen molar-refractivity contribution in [2.45, 2.75) is 13.8 Å². The lowest BCUT2D eigenvalue weighted by atomic mass is 10.1. The number of rotatable bonds is 7. The van der Waals surface area contributed by atoms with Gasteiger partial charge in [-0.25, -0.2) is 9.59 Å². The van der Waals surface area contributed by atoms with Gasteiger partial charge in [-0.15, -0.1) is 0 Å². The van der Waals surface area contributed by atoms with E-state index in [0.29, 0.717) is 22.5 Å². The maximum absolute atomic E-state index is 12.8. The second-order valence-electron chi connectivity index (χ2n) is 7.47. The summed E-state index contributed by atoms with van der Waals surface area (Å²) in [4.78, 5) is 51.0. The smallest absolute Gasteiger partial charge is 0.413 e. The topological polar surface area (TPSA) is 107 Å². The lowest BCUT2D eigenvalue weighted by Gasteiger charge is -2.18. The molecule has 0 aliphatic heterocycles. The number of hydrogen-bond donors (Lipinski definition) is 1. The second-order valence-corrected chi connectivity index (χ2v) is 7.47. The SMILES string of the molecule is COC(=O)N(C)c1ccccc1C(=O)OCC(=O)c1cc(C)n(NC(=O)c2ccccc2)c1C. The van der Waals surface area contributed by atoms with Crippen LogP contribution in [0.5, 0.6) is 0 Å². The highest BCUT2D eigenvalue weighted by Crippen LogP contribution is 2.21. The van der Waals surface area contributed by atoms with Crippen molar-refractivity contribution in [1.29, 1.82) is 0 Å². The number of ether oxygens (including phenoxy) is 2. The first-order valence-corrected chi connectivity index (χ1v) is 10.4. The summed E-state index contributed by atoms with van der Waals surface area (Å²) in [5.74, 6) is -1.51. The Morgan fingerprint density at radius 2 is 1.59 bits per heavy atom. The van der Waals surface area contributed by atoms with Crippen molar-refractivity contribution in [3.05, 3.63) is 88.7 Å². The summed E-state index contributed by atoms with van der Waals surface area (Å²) in [5, 5.41) is 0. The summed E-state index contributed by atoms with van der Waals surface area (Å²) in [6, 6.07) is 16.7. The number of carbonyl (C=O) groups excluding carboxylic acids is 4.